The van der Waals surface area contributed by atoms with Gasteiger partial charge in [0.05, 0.1) is 10.6 Å². The van der Waals surface area contributed by atoms with Crippen LogP contribution in [0.3, 0.4) is 0 Å². The lowest BCUT2D eigenvalue weighted by molar-refractivity contribution is 0.582. The molecule has 1 rings (SSSR count). The van der Waals surface area contributed by atoms with Gasteiger partial charge < -0.3 is 0 Å². The minimum atomic E-state index is -3.12. The molecule has 0 aliphatic heterocycles. The first-order valence-electron chi connectivity index (χ1n) is 4.15. The van der Waals surface area contributed by atoms with E-state index in [2.05, 4.69) is 4.98 Å². The van der Waals surface area contributed by atoms with Gasteiger partial charge in [0.2, 0.25) is 0 Å². The maximum absolute atomic E-state index is 11.6. The second kappa shape index (κ2) is 3.87. The molecule has 0 N–H and O–H groups in total. The van der Waals surface area contributed by atoms with Crippen molar-refractivity contribution in [2.45, 2.75) is 18.7 Å². The van der Waals surface area contributed by atoms with Crippen molar-refractivity contribution in [3.63, 3.8) is 0 Å². The quantitative estimate of drug-likeness (QED) is 0.741. The van der Waals surface area contributed by atoms with Crippen LogP contribution in [-0.2, 0) is 9.84 Å². The van der Waals surface area contributed by atoms with E-state index in [1.54, 1.807) is 18.3 Å². The Hall–Kier alpha value is -0.900. The molecule has 0 aliphatic carbocycles. The summed E-state index contributed by atoms with van der Waals surface area (Å²) in [6.45, 7) is 3.77. The Morgan fingerprint density at radius 1 is 1.46 bits per heavy atom. The predicted molar refractivity (Wildman–Crippen MR) is 51.1 cm³/mol. The molecule has 0 atom stereocenters. The van der Waals surface area contributed by atoms with Crippen LogP contribution in [-0.4, -0.2) is 19.2 Å². The molecule has 72 valence electrons. The summed E-state index contributed by atoms with van der Waals surface area (Å²) in [5.41, 5.74) is 0. The zero-order chi connectivity index (χ0) is 9.90. The Kier molecular flexibility index (Phi) is 3.03. The van der Waals surface area contributed by atoms with Crippen LogP contribution in [0.5, 0.6) is 0 Å². The highest BCUT2D eigenvalue weighted by Gasteiger charge is 2.15. The second-order valence-corrected chi connectivity index (χ2v) is 5.40. The van der Waals surface area contributed by atoms with Crippen LogP contribution in [0.4, 0.5) is 0 Å². The van der Waals surface area contributed by atoms with Crippen molar-refractivity contribution >= 4 is 9.84 Å². The lowest BCUT2D eigenvalue weighted by atomic mass is 10.3. The van der Waals surface area contributed by atoms with Gasteiger partial charge in [0.1, 0.15) is 0 Å². The predicted octanol–water partition coefficient (Wildman–Crippen LogP) is 1.51. The summed E-state index contributed by atoms with van der Waals surface area (Å²) in [6, 6.07) is 3.21. The maximum Gasteiger partial charge on any atom is 0.180 e. The number of hydrogen-bond acceptors (Lipinski definition) is 3. The highest BCUT2D eigenvalue weighted by atomic mass is 32.2. The van der Waals surface area contributed by atoms with Gasteiger partial charge in [0.15, 0.2) is 9.84 Å². The van der Waals surface area contributed by atoms with Gasteiger partial charge >= 0.3 is 0 Å². The van der Waals surface area contributed by atoms with E-state index in [0.29, 0.717) is 4.90 Å². The summed E-state index contributed by atoms with van der Waals surface area (Å²) >= 11 is 0. The van der Waals surface area contributed by atoms with E-state index in [1.807, 2.05) is 13.8 Å². The van der Waals surface area contributed by atoms with E-state index in [4.69, 9.17) is 0 Å². The Morgan fingerprint density at radius 3 is 2.62 bits per heavy atom. The molecule has 0 aromatic carbocycles. The monoisotopic (exact) mass is 199 g/mol. The number of rotatable bonds is 3. The van der Waals surface area contributed by atoms with E-state index in [0.717, 1.165) is 0 Å². The van der Waals surface area contributed by atoms with Crippen LogP contribution < -0.4 is 0 Å². The fourth-order valence-corrected chi connectivity index (χ4v) is 2.64. The van der Waals surface area contributed by atoms with Gasteiger partial charge in [-0.1, -0.05) is 13.8 Å². The molecule has 0 saturated heterocycles. The Labute approximate surface area is 78.7 Å². The molecule has 0 spiro atoms. The van der Waals surface area contributed by atoms with Crippen LogP contribution in [0.1, 0.15) is 13.8 Å². The van der Waals surface area contributed by atoms with Crippen molar-refractivity contribution in [1.82, 2.24) is 4.98 Å². The van der Waals surface area contributed by atoms with E-state index in [1.165, 1.54) is 6.20 Å². The minimum absolute atomic E-state index is 0.144. The van der Waals surface area contributed by atoms with Gasteiger partial charge in [-0.25, -0.2) is 8.42 Å². The molecule has 4 heteroatoms. The molecule has 3 nitrogen and oxygen atoms in total. The first-order valence-corrected chi connectivity index (χ1v) is 5.80. The van der Waals surface area contributed by atoms with Crippen molar-refractivity contribution < 1.29 is 8.42 Å². The highest BCUT2D eigenvalue weighted by molar-refractivity contribution is 7.91. The molecule has 0 bridgehead atoms. The van der Waals surface area contributed by atoms with Crippen LogP contribution in [0.2, 0.25) is 0 Å². The fourth-order valence-electron chi connectivity index (χ4n) is 1.07. The molecule has 0 unspecified atom stereocenters. The highest BCUT2D eigenvalue weighted by Crippen LogP contribution is 2.11. The third-order valence-corrected chi connectivity index (χ3v) is 3.61. The third kappa shape index (κ3) is 2.81. The molecule has 1 aromatic heterocycles. The molecule has 13 heavy (non-hydrogen) atoms. The van der Waals surface area contributed by atoms with E-state index < -0.39 is 9.84 Å². The van der Waals surface area contributed by atoms with Gasteiger partial charge in [-0.15, -0.1) is 0 Å². The normalized spacial score (nSPS) is 11.9. The lowest BCUT2D eigenvalue weighted by Crippen LogP contribution is -2.11. The Balaban J connectivity index is 2.96. The fraction of sp³-hybridized carbons (Fsp3) is 0.444. The Morgan fingerprint density at radius 2 is 2.15 bits per heavy atom. The maximum atomic E-state index is 11.6. The molecule has 0 aliphatic rings. The van der Waals surface area contributed by atoms with Gasteiger partial charge in [-0.3, -0.25) is 4.98 Å². The van der Waals surface area contributed by atoms with Crippen LogP contribution in [0, 0.1) is 5.92 Å². The number of nitrogens with zero attached hydrogens (tertiary/aromatic N) is 1. The third-order valence-electron chi connectivity index (χ3n) is 1.55. The van der Waals surface area contributed by atoms with Crippen molar-refractivity contribution in [3.8, 4) is 0 Å². The first kappa shape index (κ1) is 10.2. The topological polar surface area (TPSA) is 47.0 Å². The molecule has 0 saturated carbocycles. The molecule has 1 aromatic rings. The minimum Gasteiger partial charge on any atom is -0.263 e. The van der Waals surface area contributed by atoms with Gasteiger partial charge in [-0.05, 0) is 18.1 Å². The van der Waals surface area contributed by atoms with E-state index >= 15 is 0 Å². The van der Waals surface area contributed by atoms with Gasteiger partial charge in [-0.2, -0.15) is 0 Å². The van der Waals surface area contributed by atoms with Crippen LogP contribution >= 0.6 is 0 Å². The molecular formula is C9H13NO2S. The van der Waals surface area contributed by atoms with Crippen molar-refractivity contribution in [3.05, 3.63) is 24.5 Å². The van der Waals surface area contributed by atoms with Gasteiger partial charge in [0.25, 0.3) is 0 Å². The number of sulfone groups is 1. The average Bonchev–Trinajstić information content (AvgIpc) is 2.04. The van der Waals surface area contributed by atoms with Gasteiger partial charge in [0, 0.05) is 12.4 Å². The summed E-state index contributed by atoms with van der Waals surface area (Å²) in [4.78, 5) is 4.09. The summed E-state index contributed by atoms with van der Waals surface area (Å²) in [7, 11) is -3.12. The van der Waals surface area contributed by atoms with Crippen molar-refractivity contribution in [2.24, 2.45) is 5.92 Å². The van der Waals surface area contributed by atoms with Crippen LogP contribution in [0.25, 0.3) is 0 Å². The SMILES string of the molecule is CC(C)CS(=O)(=O)c1cccnc1. The molecule has 0 fully saturated rings. The van der Waals surface area contributed by atoms with Crippen LogP contribution in [0.15, 0.2) is 29.4 Å². The standard InChI is InChI=1S/C9H13NO2S/c1-8(2)7-13(11,12)9-4-3-5-10-6-9/h3-6,8H,7H2,1-2H3. The summed E-state index contributed by atoms with van der Waals surface area (Å²) in [6.07, 6.45) is 2.95. The molecule has 0 amide bonds. The van der Waals surface area contributed by atoms with Crippen molar-refractivity contribution in [2.75, 3.05) is 5.75 Å². The summed E-state index contributed by atoms with van der Waals surface area (Å²) in [5.74, 6) is 0.323. The number of aromatic nitrogens is 1. The van der Waals surface area contributed by atoms with E-state index in [9.17, 15) is 8.42 Å². The number of pyridine rings is 1. The van der Waals surface area contributed by atoms with E-state index in [-0.39, 0.29) is 11.7 Å². The first-order chi connectivity index (χ1) is 6.02. The second-order valence-electron chi connectivity index (χ2n) is 3.36. The molecular weight excluding hydrogens is 186 g/mol. The summed E-state index contributed by atoms with van der Waals surface area (Å²) in [5, 5.41) is 0. The molecule has 1 heterocycles. The zero-order valence-corrected chi connectivity index (χ0v) is 8.58. The number of hydrogen-bond donors (Lipinski definition) is 0. The van der Waals surface area contributed by atoms with Crippen molar-refractivity contribution in [1.29, 1.82) is 0 Å². The zero-order valence-electron chi connectivity index (χ0n) is 7.77. The summed E-state index contributed by atoms with van der Waals surface area (Å²) < 4.78 is 23.2. The lowest BCUT2D eigenvalue weighted by Gasteiger charge is -2.05. The average molecular weight is 199 g/mol. The Bertz CT molecular complexity index is 356. The molecule has 0 radical (unpaired) electrons. The largest absolute Gasteiger partial charge is 0.263 e. The smallest absolute Gasteiger partial charge is 0.180 e.